The number of para-hydroxylation sites is 2. The van der Waals surface area contributed by atoms with Crippen LogP contribution in [0.5, 0.6) is 5.75 Å². The minimum absolute atomic E-state index is 0.111. The van der Waals surface area contributed by atoms with Crippen LogP contribution in [-0.2, 0) is 14.8 Å². The molecular weight excluding hydrogens is 258 g/mol. The van der Waals surface area contributed by atoms with Gasteiger partial charge in [0.1, 0.15) is 5.75 Å². The summed E-state index contributed by atoms with van der Waals surface area (Å²) in [5.41, 5.74) is 0.399. The Hall–Kier alpha value is -1.76. The Morgan fingerprint density at radius 3 is 2.72 bits per heavy atom. The van der Waals surface area contributed by atoms with E-state index in [0.717, 1.165) is 0 Å². The maximum atomic E-state index is 11.8. The molecule has 0 aliphatic carbocycles. The molecule has 0 atom stereocenters. The van der Waals surface area contributed by atoms with Crippen molar-refractivity contribution in [3.05, 3.63) is 24.3 Å². The largest absolute Gasteiger partial charge is 0.480 e. The van der Waals surface area contributed by atoms with Crippen LogP contribution in [0.1, 0.15) is 6.42 Å². The van der Waals surface area contributed by atoms with Crippen LogP contribution >= 0.6 is 0 Å². The summed E-state index contributed by atoms with van der Waals surface area (Å²) >= 11 is 0. The summed E-state index contributed by atoms with van der Waals surface area (Å²) < 4.78 is 30.0. The highest BCUT2D eigenvalue weighted by Gasteiger charge is 2.30. The van der Waals surface area contributed by atoms with Crippen LogP contribution in [0.3, 0.4) is 0 Å². The van der Waals surface area contributed by atoms with Crippen molar-refractivity contribution < 1.29 is 23.1 Å². The number of aliphatic carboxylic acids is 1. The lowest BCUT2D eigenvalue weighted by Crippen LogP contribution is -2.26. The first-order valence-corrected chi connectivity index (χ1v) is 7.06. The topological polar surface area (TPSA) is 83.9 Å². The third-order valence-electron chi connectivity index (χ3n) is 2.58. The van der Waals surface area contributed by atoms with Gasteiger partial charge >= 0.3 is 5.97 Å². The van der Waals surface area contributed by atoms with Gasteiger partial charge in [0.15, 0.2) is 6.61 Å². The first-order chi connectivity index (χ1) is 8.50. The molecule has 0 aromatic heterocycles. The average molecular weight is 271 g/mol. The summed E-state index contributed by atoms with van der Waals surface area (Å²) in [7, 11) is -3.30. The van der Waals surface area contributed by atoms with Crippen LogP contribution in [0, 0.1) is 0 Å². The summed E-state index contributed by atoms with van der Waals surface area (Å²) in [6.07, 6.45) is 0.565. The van der Waals surface area contributed by atoms with Gasteiger partial charge in [-0.1, -0.05) is 12.1 Å². The Morgan fingerprint density at radius 2 is 2.11 bits per heavy atom. The molecule has 1 N–H and O–H groups in total. The van der Waals surface area contributed by atoms with Gasteiger partial charge < -0.3 is 9.84 Å². The molecule has 1 saturated heterocycles. The molecule has 1 heterocycles. The second kappa shape index (κ2) is 4.85. The highest BCUT2D eigenvalue weighted by atomic mass is 32.2. The van der Waals surface area contributed by atoms with Crippen LogP contribution in [-0.4, -0.2) is 38.4 Å². The minimum atomic E-state index is -3.30. The van der Waals surface area contributed by atoms with Gasteiger partial charge in [-0.25, -0.2) is 13.2 Å². The Morgan fingerprint density at radius 1 is 1.39 bits per heavy atom. The number of hydrogen-bond acceptors (Lipinski definition) is 4. The number of carboxylic acid groups (broad SMARTS) is 1. The molecule has 1 aliphatic rings. The monoisotopic (exact) mass is 271 g/mol. The number of hydrogen-bond donors (Lipinski definition) is 1. The molecule has 0 unspecified atom stereocenters. The van der Waals surface area contributed by atoms with E-state index in [4.69, 9.17) is 9.84 Å². The molecule has 2 rings (SSSR count). The zero-order valence-electron chi connectivity index (χ0n) is 9.57. The highest BCUT2D eigenvalue weighted by Crippen LogP contribution is 2.32. The molecule has 1 aromatic rings. The number of carbonyl (C=O) groups is 1. The number of nitrogens with zero attached hydrogens (tertiary/aromatic N) is 1. The highest BCUT2D eigenvalue weighted by molar-refractivity contribution is 7.93. The van der Waals surface area contributed by atoms with Crippen LogP contribution in [0.25, 0.3) is 0 Å². The molecule has 0 bridgehead atoms. The molecule has 0 saturated carbocycles. The quantitative estimate of drug-likeness (QED) is 0.871. The van der Waals surface area contributed by atoms with E-state index in [1.165, 1.54) is 4.31 Å². The van der Waals surface area contributed by atoms with Gasteiger partial charge in [0.2, 0.25) is 10.0 Å². The summed E-state index contributed by atoms with van der Waals surface area (Å²) in [4.78, 5) is 10.5. The van der Waals surface area contributed by atoms with E-state index in [9.17, 15) is 13.2 Å². The van der Waals surface area contributed by atoms with Crippen molar-refractivity contribution >= 4 is 21.7 Å². The fourth-order valence-electron chi connectivity index (χ4n) is 1.83. The maximum Gasteiger partial charge on any atom is 0.341 e. The van der Waals surface area contributed by atoms with Gasteiger partial charge in [-0.05, 0) is 18.6 Å². The lowest BCUT2D eigenvalue weighted by atomic mass is 10.3. The second-order valence-electron chi connectivity index (χ2n) is 3.89. The van der Waals surface area contributed by atoms with Crippen molar-refractivity contribution in [2.75, 3.05) is 23.2 Å². The Balaban J connectivity index is 2.30. The van der Waals surface area contributed by atoms with Crippen molar-refractivity contribution in [2.45, 2.75) is 6.42 Å². The van der Waals surface area contributed by atoms with Crippen molar-refractivity contribution in [3.8, 4) is 5.75 Å². The summed E-state index contributed by atoms with van der Waals surface area (Å²) in [5.74, 6) is -0.722. The summed E-state index contributed by atoms with van der Waals surface area (Å²) in [5, 5.41) is 8.58. The van der Waals surface area contributed by atoms with Gasteiger partial charge in [0.25, 0.3) is 0 Å². The van der Waals surface area contributed by atoms with E-state index >= 15 is 0 Å². The molecule has 6 nitrogen and oxygen atoms in total. The van der Waals surface area contributed by atoms with Crippen LogP contribution in [0.2, 0.25) is 0 Å². The Labute approximate surface area is 105 Å². The van der Waals surface area contributed by atoms with Gasteiger partial charge in [-0.3, -0.25) is 4.31 Å². The predicted octanol–water partition coefficient (Wildman–Crippen LogP) is 0.690. The van der Waals surface area contributed by atoms with Crippen LogP contribution in [0.4, 0.5) is 5.69 Å². The minimum Gasteiger partial charge on any atom is -0.480 e. The van der Waals surface area contributed by atoms with Gasteiger partial charge in [-0.2, -0.15) is 0 Å². The van der Waals surface area contributed by atoms with E-state index in [1.807, 2.05) is 0 Å². The van der Waals surface area contributed by atoms with E-state index in [0.29, 0.717) is 18.7 Å². The van der Waals surface area contributed by atoms with E-state index in [2.05, 4.69) is 0 Å². The van der Waals surface area contributed by atoms with E-state index < -0.39 is 22.6 Å². The number of carboxylic acids is 1. The van der Waals surface area contributed by atoms with E-state index in [1.54, 1.807) is 24.3 Å². The molecule has 0 radical (unpaired) electrons. The standard InChI is InChI=1S/C11H13NO5S/c13-11(14)8-17-10-5-2-1-4-9(10)12-6-3-7-18(12,15)16/h1-2,4-5H,3,6-8H2,(H,13,14). The average Bonchev–Trinajstić information content (AvgIpc) is 2.66. The number of rotatable bonds is 4. The fourth-order valence-corrected chi connectivity index (χ4v) is 3.41. The second-order valence-corrected chi connectivity index (χ2v) is 5.90. The van der Waals surface area contributed by atoms with Crippen molar-refractivity contribution in [3.63, 3.8) is 0 Å². The first kappa shape index (κ1) is 12.7. The normalized spacial score (nSPS) is 17.7. The fraction of sp³-hybridized carbons (Fsp3) is 0.364. The molecule has 1 aromatic carbocycles. The van der Waals surface area contributed by atoms with Crippen molar-refractivity contribution in [1.82, 2.24) is 0 Å². The molecule has 18 heavy (non-hydrogen) atoms. The van der Waals surface area contributed by atoms with Gasteiger partial charge in [0, 0.05) is 6.54 Å². The number of benzene rings is 1. The lowest BCUT2D eigenvalue weighted by molar-refractivity contribution is -0.139. The molecule has 7 heteroatoms. The summed E-state index contributed by atoms with van der Waals surface area (Å²) in [6, 6.07) is 6.53. The van der Waals surface area contributed by atoms with E-state index in [-0.39, 0.29) is 11.5 Å². The maximum absolute atomic E-state index is 11.8. The third-order valence-corrected chi connectivity index (χ3v) is 4.44. The van der Waals surface area contributed by atoms with Crippen molar-refractivity contribution in [1.29, 1.82) is 0 Å². The smallest absolute Gasteiger partial charge is 0.341 e. The first-order valence-electron chi connectivity index (χ1n) is 5.45. The van der Waals surface area contributed by atoms with Crippen LogP contribution in [0.15, 0.2) is 24.3 Å². The van der Waals surface area contributed by atoms with Gasteiger partial charge in [-0.15, -0.1) is 0 Å². The van der Waals surface area contributed by atoms with Crippen LogP contribution < -0.4 is 9.04 Å². The molecule has 0 amide bonds. The number of sulfonamides is 1. The Bertz CT molecular complexity index is 554. The zero-order valence-corrected chi connectivity index (χ0v) is 10.4. The molecule has 98 valence electrons. The number of ether oxygens (including phenoxy) is 1. The molecule has 1 fully saturated rings. The van der Waals surface area contributed by atoms with Gasteiger partial charge in [0.05, 0.1) is 11.4 Å². The SMILES string of the molecule is O=C(O)COc1ccccc1N1CCCS1(=O)=O. The molecule has 0 spiro atoms. The molecular formula is C11H13NO5S. The zero-order chi connectivity index (χ0) is 13.2. The third kappa shape index (κ3) is 2.56. The lowest BCUT2D eigenvalue weighted by Gasteiger charge is -2.19. The van der Waals surface area contributed by atoms with Crippen molar-refractivity contribution in [2.24, 2.45) is 0 Å². The molecule has 1 aliphatic heterocycles. The number of anilines is 1. The summed E-state index contributed by atoms with van der Waals surface area (Å²) in [6.45, 7) is -0.0965. The predicted molar refractivity (Wildman–Crippen MR) is 65.3 cm³/mol. The Kier molecular flexibility index (Phi) is 3.42.